The molecule has 0 unspecified atom stereocenters. The topological polar surface area (TPSA) is 193 Å². The summed E-state index contributed by atoms with van der Waals surface area (Å²) in [4.78, 5) is 70.4. The first-order valence-electron chi connectivity index (χ1n) is 22.8. The van der Waals surface area contributed by atoms with E-state index >= 15 is 0 Å². The van der Waals surface area contributed by atoms with Gasteiger partial charge in [-0.1, -0.05) is 76.6 Å². The number of amides is 4. The van der Waals surface area contributed by atoms with Crippen molar-refractivity contribution in [2.24, 2.45) is 0 Å². The smallest absolute Gasteiger partial charge is 0.407 e. The van der Waals surface area contributed by atoms with E-state index in [4.69, 9.17) is 14.5 Å². The highest BCUT2D eigenvalue weighted by Gasteiger charge is 2.30. The van der Waals surface area contributed by atoms with E-state index in [0.29, 0.717) is 43.5 Å². The van der Waals surface area contributed by atoms with Gasteiger partial charge in [-0.25, -0.2) is 19.6 Å². The van der Waals surface area contributed by atoms with Crippen LogP contribution in [-0.2, 0) is 56.3 Å². The van der Waals surface area contributed by atoms with E-state index in [9.17, 15) is 19.2 Å². The van der Waals surface area contributed by atoms with Gasteiger partial charge in [0.1, 0.15) is 36.6 Å². The predicted octanol–water partition coefficient (Wildman–Crippen LogP) is 8.48. The number of aromatic amines is 2. The van der Waals surface area contributed by atoms with Gasteiger partial charge in [-0.3, -0.25) is 9.59 Å². The molecule has 1 aliphatic carbocycles. The maximum absolute atomic E-state index is 13.9. The zero-order chi connectivity index (χ0) is 52.2. The standard InChI is InChI=1S/C43H48N8O7.C3H8.C2H6O.3C2H2/c1-5-16-50(38(52)22-45-42(54)56-3)24-37-46-33-15-13-27-19-32-30-14-12-28(18-29(30)25-58-35(32)20-31(27)40(33)48-37)34-21-44-36(47-34)23-51(17-6-2)41(53)39(49-43(55)57-4)26-10-8-7-9-11-26;2*1-3-2;3*1-2/h7-12,14,18-21,39H,5-6,13,15-17,22-25H2,1-4H3,(H,44,47)(H,45,54)(H,46,48)(H,49,55);3H2,1-2H3;1-2H3;3*1-2H/t39-;;;;;/m1...../s1. The van der Waals surface area contributed by atoms with Crippen LogP contribution in [-0.4, -0.2) is 102 Å². The minimum Gasteiger partial charge on any atom is -0.488 e. The Kier molecular flexibility index (Phi) is 25.8. The molecule has 3 heterocycles. The van der Waals surface area contributed by atoms with Crippen LogP contribution in [0.25, 0.3) is 33.6 Å². The van der Waals surface area contributed by atoms with Crippen molar-refractivity contribution in [3.05, 3.63) is 101 Å². The summed E-state index contributed by atoms with van der Waals surface area (Å²) in [6.07, 6.45) is 28.8. The molecule has 16 heteroatoms. The summed E-state index contributed by atoms with van der Waals surface area (Å²) in [5, 5.41) is 5.16. The maximum atomic E-state index is 13.9. The van der Waals surface area contributed by atoms with Gasteiger partial charge in [0, 0.05) is 44.1 Å². The number of nitrogens with one attached hydrogen (secondary N) is 4. The number of carbonyl (C=O) groups is 4. The molecule has 2 aliphatic rings. The van der Waals surface area contributed by atoms with Crippen molar-refractivity contribution in [1.82, 2.24) is 40.4 Å². The lowest BCUT2D eigenvalue weighted by Crippen LogP contribution is -2.43. The Hall–Kier alpha value is -8.00. The number of carbonyl (C=O) groups excluding carboxylic acids is 4. The fourth-order valence-corrected chi connectivity index (χ4v) is 7.56. The van der Waals surface area contributed by atoms with E-state index in [1.807, 2.05) is 32.0 Å². The third-order valence-electron chi connectivity index (χ3n) is 10.4. The summed E-state index contributed by atoms with van der Waals surface area (Å²) in [5.41, 5.74) is 9.65. The summed E-state index contributed by atoms with van der Waals surface area (Å²) in [6.45, 7) is 10.0. The third kappa shape index (κ3) is 15.8. The summed E-state index contributed by atoms with van der Waals surface area (Å²) in [7, 11) is 5.78. The van der Waals surface area contributed by atoms with Crippen molar-refractivity contribution in [3.63, 3.8) is 0 Å². The van der Waals surface area contributed by atoms with Gasteiger partial charge in [0.25, 0.3) is 0 Å². The highest BCUT2D eigenvalue weighted by molar-refractivity contribution is 5.87. The molecule has 0 fully saturated rings. The number of methoxy groups -OCH3 is 3. The molecule has 1 atom stereocenters. The number of H-pyrrole nitrogens is 2. The quantitative estimate of drug-likeness (QED) is 0.0785. The first kappa shape index (κ1) is 58.1. The van der Waals surface area contributed by atoms with E-state index in [-0.39, 0.29) is 24.9 Å². The van der Waals surface area contributed by atoms with E-state index in [2.05, 4.69) is 118 Å². The van der Waals surface area contributed by atoms with Crippen LogP contribution >= 0.6 is 0 Å². The molecule has 4 N–H and O–H groups in total. The minimum absolute atomic E-state index is 0.153. The number of hydrogen-bond donors (Lipinski definition) is 4. The van der Waals surface area contributed by atoms with E-state index in [0.717, 1.165) is 76.3 Å². The number of aromatic nitrogens is 4. The fraction of sp³-hybridized carbons (Fsp3) is 0.370. The number of hydrogen-bond acceptors (Lipinski definition) is 10. The molecule has 5 aromatic rings. The Morgan fingerprint density at radius 2 is 1.37 bits per heavy atom. The Balaban J connectivity index is 0.00000129. The van der Waals surface area contributed by atoms with Gasteiger partial charge in [0.15, 0.2) is 0 Å². The van der Waals surface area contributed by atoms with Crippen LogP contribution in [0.4, 0.5) is 9.59 Å². The normalized spacial score (nSPS) is 11.2. The Bertz CT molecular complexity index is 2470. The molecule has 16 nitrogen and oxygen atoms in total. The first-order chi connectivity index (χ1) is 34.0. The average molecular weight is 957 g/mol. The van der Waals surface area contributed by atoms with Gasteiger partial charge in [-0.05, 0) is 71.7 Å². The number of terminal acetylenes is 3. The monoisotopic (exact) mass is 957 g/mol. The summed E-state index contributed by atoms with van der Waals surface area (Å²) in [5.74, 6) is 1.62. The molecule has 0 saturated heterocycles. The highest BCUT2D eigenvalue weighted by atomic mass is 16.5. The van der Waals surface area contributed by atoms with E-state index in [1.54, 1.807) is 42.3 Å². The Morgan fingerprint density at radius 3 is 2.00 bits per heavy atom. The van der Waals surface area contributed by atoms with Gasteiger partial charge in [-0.2, -0.15) is 0 Å². The second kappa shape index (κ2) is 31.1. The molecule has 1 aliphatic heterocycles. The molecular weight excluding hydrogens is 889 g/mol. The second-order valence-electron chi connectivity index (χ2n) is 15.4. The number of alkyl carbamates (subject to hydrolysis) is 2. The lowest BCUT2D eigenvalue weighted by Gasteiger charge is -2.27. The van der Waals surface area contributed by atoms with E-state index in [1.165, 1.54) is 26.2 Å². The third-order valence-corrected chi connectivity index (χ3v) is 10.4. The molecule has 372 valence electrons. The van der Waals surface area contributed by atoms with Crippen LogP contribution in [0.5, 0.6) is 5.75 Å². The lowest BCUT2D eigenvalue weighted by atomic mass is 9.86. The molecule has 0 bridgehead atoms. The molecule has 4 amide bonds. The van der Waals surface area contributed by atoms with Crippen molar-refractivity contribution < 1.29 is 38.1 Å². The minimum atomic E-state index is -0.912. The first-order valence-corrected chi connectivity index (χ1v) is 22.8. The van der Waals surface area contributed by atoms with Crippen molar-refractivity contribution in [3.8, 4) is 77.9 Å². The second-order valence-corrected chi connectivity index (χ2v) is 15.4. The van der Waals surface area contributed by atoms with Crippen molar-refractivity contribution in [2.75, 3.05) is 48.1 Å². The molecule has 7 rings (SSSR count). The summed E-state index contributed by atoms with van der Waals surface area (Å²) < 4.78 is 20.1. The van der Waals surface area contributed by atoms with Crippen LogP contribution in [0.2, 0.25) is 0 Å². The zero-order valence-electron chi connectivity index (χ0n) is 41.7. The Labute approximate surface area is 413 Å². The maximum Gasteiger partial charge on any atom is 0.407 e. The number of nitrogens with zero attached hydrogens (tertiary/aromatic N) is 4. The summed E-state index contributed by atoms with van der Waals surface area (Å²) >= 11 is 0. The number of aryl methyl sites for hydroxylation is 2. The molecule has 0 radical (unpaired) electrons. The number of benzene rings is 3. The van der Waals surface area contributed by atoms with Crippen molar-refractivity contribution in [2.45, 2.75) is 85.5 Å². The van der Waals surface area contributed by atoms with Crippen molar-refractivity contribution >= 4 is 24.0 Å². The van der Waals surface area contributed by atoms with Crippen molar-refractivity contribution in [1.29, 1.82) is 0 Å². The van der Waals surface area contributed by atoms with E-state index < -0.39 is 18.2 Å². The van der Waals surface area contributed by atoms with Gasteiger partial charge in [0.2, 0.25) is 11.8 Å². The molecule has 3 aromatic carbocycles. The largest absolute Gasteiger partial charge is 0.488 e. The Morgan fingerprint density at radius 1 is 0.743 bits per heavy atom. The highest BCUT2D eigenvalue weighted by Crippen LogP contribution is 2.44. The van der Waals surface area contributed by atoms with Crippen LogP contribution < -0.4 is 15.4 Å². The van der Waals surface area contributed by atoms with Gasteiger partial charge in [-0.15, -0.1) is 38.5 Å². The molecule has 2 aromatic heterocycles. The lowest BCUT2D eigenvalue weighted by molar-refractivity contribution is -0.134. The van der Waals surface area contributed by atoms with Crippen LogP contribution in [0.15, 0.2) is 66.9 Å². The molecule has 70 heavy (non-hydrogen) atoms. The number of imidazole rings is 2. The number of rotatable bonds is 14. The molecular formula is C54H68N8O8. The van der Waals surface area contributed by atoms with Gasteiger partial charge >= 0.3 is 12.2 Å². The fourth-order valence-electron chi connectivity index (χ4n) is 7.56. The van der Waals surface area contributed by atoms with Crippen LogP contribution in [0.3, 0.4) is 0 Å². The SMILES string of the molecule is C#C.C#C.C#C.CCC.CCCN(Cc1nc2c([nH]1)CCc1cc3c(cc1-2)OCc1cc(-c2cnc(CN(CCC)C(=O)[C@H](NC(=O)OC)c4ccccc4)[nH]2)ccc1-3)C(=O)CNC(=O)OC.COC. The number of ether oxygens (including phenoxy) is 4. The molecule has 0 spiro atoms. The summed E-state index contributed by atoms with van der Waals surface area (Å²) in [6, 6.07) is 18.8. The molecule has 0 saturated carbocycles. The van der Waals surface area contributed by atoms with Crippen LogP contribution in [0, 0.1) is 38.5 Å². The predicted molar refractivity (Wildman–Crippen MR) is 274 cm³/mol. The zero-order valence-corrected chi connectivity index (χ0v) is 41.7. The van der Waals surface area contributed by atoms with Gasteiger partial charge in [0.05, 0.1) is 44.9 Å². The van der Waals surface area contributed by atoms with Gasteiger partial charge < -0.3 is 49.3 Å². The number of fused-ring (bicyclic) bond motifs is 6. The van der Waals surface area contributed by atoms with Crippen LogP contribution in [0.1, 0.15) is 87.0 Å². The average Bonchev–Trinajstić information content (AvgIpc) is 4.05.